The fourth-order valence-corrected chi connectivity index (χ4v) is 1.75. The summed E-state index contributed by atoms with van der Waals surface area (Å²) in [5, 5.41) is 9.14. The van der Waals surface area contributed by atoms with Crippen LogP contribution < -0.4 is 10.6 Å². The highest BCUT2D eigenvalue weighted by molar-refractivity contribution is 5.80. The standard InChI is InChI=1S/C12H16N4O/c1-4-16(7-12(14)17)11-5-8(2)15-9(3)10(11)6-13/h5H,4,7H2,1-3H3,(H2,14,17). The van der Waals surface area contributed by atoms with Crippen LogP contribution in [0, 0.1) is 25.2 Å². The summed E-state index contributed by atoms with van der Waals surface area (Å²) in [6.45, 7) is 6.27. The SMILES string of the molecule is CCN(CC(N)=O)c1cc(C)nc(C)c1C#N. The number of carbonyl (C=O) groups excluding carboxylic acids is 1. The van der Waals surface area contributed by atoms with Crippen molar-refractivity contribution in [3.8, 4) is 6.07 Å². The number of aryl methyl sites for hydroxylation is 2. The number of primary amides is 1. The maximum Gasteiger partial charge on any atom is 0.236 e. The molecule has 0 atom stereocenters. The third kappa shape index (κ3) is 2.94. The van der Waals surface area contributed by atoms with Crippen LogP contribution in [-0.2, 0) is 4.79 Å². The van der Waals surface area contributed by atoms with Crippen LogP contribution in [0.3, 0.4) is 0 Å². The number of rotatable bonds is 4. The first kappa shape index (κ1) is 13.0. The lowest BCUT2D eigenvalue weighted by Crippen LogP contribution is -2.34. The van der Waals surface area contributed by atoms with Crippen molar-refractivity contribution in [1.29, 1.82) is 5.26 Å². The van der Waals surface area contributed by atoms with Crippen molar-refractivity contribution < 1.29 is 4.79 Å². The first-order valence-corrected chi connectivity index (χ1v) is 5.41. The van der Waals surface area contributed by atoms with Gasteiger partial charge in [0.2, 0.25) is 5.91 Å². The molecule has 1 rings (SSSR count). The van der Waals surface area contributed by atoms with Gasteiger partial charge in [-0.2, -0.15) is 5.26 Å². The van der Waals surface area contributed by atoms with E-state index in [0.717, 1.165) is 11.4 Å². The molecular weight excluding hydrogens is 216 g/mol. The van der Waals surface area contributed by atoms with E-state index in [-0.39, 0.29) is 6.54 Å². The lowest BCUT2D eigenvalue weighted by molar-refractivity contribution is -0.116. The van der Waals surface area contributed by atoms with Crippen LogP contribution in [0.2, 0.25) is 0 Å². The minimum Gasteiger partial charge on any atom is -0.368 e. The van der Waals surface area contributed by atoms with Gasteiger partial charge in [-0.1, -0.05) is 0 Å². The lowest BCUT2D eigenvalue weighted by atomic mass is 10.1. The Morgan fingerprint density at radius 1 is 1.59 bits per heavy atom. The maximum atomic E-state index is 11.0. The van der Waals surface area contributed by atoms with Gasteiger partial charge in [0.15, 0.2) is 0 Å². The number of nitriles is 1. The fourth-order valence-electron chi connectivity index (χ4n) is 1.75. The van der Waals surface area contributed by atoms with Crippen LogP contribution in [-0.4, -0.2) is 24.0 Å². The Morgan fingerprint density at radius 2 is 2.24 bits per heavy atom. The fraction of sp³-hybridized carbons (Fsp3) is 0.417. The highest BCUT2D eigenvalue weighted by Crippen LogP contribution is 2.22. The van der Waals surface area contributed by atoms with E-state index in [1.807, 2.05) is 13.8 Å². The molecule has 0 aliphatic heterocycles. The van der Waals surface area contributed by atoms with Crippen molar-refractivity contribution in [1.82, 2.24) is 4.98 Å². The van der Waals surface area contributed by atoms with E-state index in [4.69, 9.17) is 11.0 Å². The predicted octanol–water partition coefficient (Wildman–Crippen LogP) is 0.882. The maximum absolute atomic E-state index is 11.0. The normalized spacial score (nSPS) is 9.76. The van der Waals surface area contributed by atoms with Crippen molar-refractivity contribution >= 4 is 11.6 Å². The number of anilines is 1. The second kappa shape index (κ2) is 5.30. The smallest absolute Gasteiger partial charge is 0.236 e. The van der Waals surface area contributed by atoms with Gasteiger partial charge in [-0.15, -0.1) is 0 Å². The van der Waals surface area contributed by atoms with Gasteiger partial charge in [0.05, 0.1) is 23.5 Å². The number of hydrogen-bond acceptors (Lipinski definition) is 4. The summed E-state index contributed by atoms with van der Waals surface area (Å²) >= 11 is 0. The van der Waals surface area contributed by atoms with E-state index in [1.54, 1.807) is 17.9 Å². The van der Waals surface area contributed by atoms with Crippen LogP contribution in [0.1, 0.15) is 23.9 Å². The van der Waals surface area contributed by atoms with Crippen LogP contribution in [0.15, 0.2) is 6.07 Å². The topological polar surface area (TPSA) is 83.0 Å². The molecular formula is C12H16N4O. The zero-order valence-electron chi connectivity index (χ0n) is 10.3. The third-order valence-corrected chi connectivity index (χ3v) is 2.49. The Hall–Kier alpha value is -2.09. The average Bonchev–Trinajstić information content (AvgIpc) is 2.24. The van der Waals surface area contributed by atoms with Crippen LogP contribution in [0.4, 0.5) is 5.69 Å². The monoisotopic (exact) mass is 232 g/mol. The summed E-state index contributed by atoms with van der Waals surface area (Å²) in [7, 11) is 0. The Labute approximate surface area is 101 Å². The van der Waals surface area contributed by atoms with Gasteiger partial charge >= 0.3 is 0 Å². The first-order valence-electron chi connectivity index (χ1n) is 5.41. The molecule has 1 aromatic rings. The van der Waals surface area contributed by atoms with Gasteiger partial charge in [-0.05, 0) is 26.8 Å². The molecule has 0 bridgehead atoms. The molecule has 1 heterocycles. The summed E-state index contributed by atoms with van der Waals surface area (Å²) < 4.78 is 0. The molecule has 5 nitrogen and oxygen atoms in total. The Morgan fingerprint density at radius 3 is 2.71 bits per heavy atom. The third-order valence-electron chi connectivity index (χ3n) is 2.49. The zero-order chi connectivity index (χ0) is 13.0. The predicted molar refractivity (Wildman–Crippen MR) is 65.5 cm³/mol. The second-order valence-corrected chi connectivity index (χ2v) is 3.84. The summed E-state index contributed by atoms with van der Waals surface area (Å²) in [6, 6.07) is 3.93. The zero-order valence-corrected chi connectivity index (χ0v) is 10.3. The Balaban J connectivity index is 3.27. The average molecular weight is 232 g/mol. The van der Waals surface area contributed by atoms with Gasteiger partial charge in [0.1, 0.15) is 6.07 Å². The molecule has 0 saturated carbocycles. The number of pyridine rings is 1. The molecule has 1 aromatic heterocycles. The largest absolute Gasteiger partial charge is 0.368 e. The van der Waals surface area contributed by atoms with Crippen LogP contribution >= 0.6 is 0 Å². The number of amides is 1. The summed E-state index contributed by atoms with van der Waals surface area (Å²) in [4.78, 5) is 17.0. The van der Waals surface area contributed by atoms with Gasteiger partial charge in [0, 0.05) is 12.2 Å². The molecule has 0 spiro atoms. The van der Waals surface area contributed by atoms with E-state index in [9.17, 15) is 4.79 Å². The minimum absolute atomic E-state index is 0.105. The molecule has 0 fully saturated rings. The van der Waals surface area contributed by atoms with Gasteiger partial charge in [0.25, 0.3) is 0 Å². The molecule has 90 valence electrons. The molecule has 0 unspecified atom stereocenters. The summed E-state index contributed by atoms with van der Waals surface area (Å²) in [5.41, 5.74) is 7.91. The van der Waals surface area contributed by atoms with Crippen molar-refractivity contribution in [2.45, 2.75) is 20.8 Å². The minimum atomic E-state index is -0.414. The van der Waals surface area contributed by atoms with Crippen molar-refractivity contribution in [2.24, 2.45) is 5.73 Å². The van der Waals surface area contributed by atoms with Crippen molar-refractivity contribution in [3.05, 3.63) is 23.0 Å². The summed E-state index contributed by atoms with van der Waals surface area (Å²) in [5.74, 6) is -0.414. The molecule has 0 aliphatic carbocycles. The molecule has 0 saturated heterocycles. The van der Waals surface area contributed by atoms with Gasteiger partial charge in [-0.3, -0.25) is 9.78 Å². The summed E-state index contributed by atoms with van der Waals surface area (Å²) in [6.07, 6.45) is 0. The Bertz CT molecular complexity index is 476. The van der Waals surface area contributed by atoms with Crippen molar-refractivity contribution in [3.63, 3.8) is 0 Å². The number of aromatic nitrogens is 1. The number of hydrogen-bond donors (Lipinski definition) is 1. The molecule has 2 N–H and O–H groups in total. The van der Waals surface area contributed by atoms with Crippen LogP contribution in [0.25, 0.3) is 0 Å². The van der Waals surface area contributed by atoms with Gasteiger partial charge in [-0.25, -0.2) is 0 Å². The second-order valence-electron chi connectivity index (χ2n) is 3.84. The lowest BCUT2D eigenvalue weighted by Gasteiger charge is -2.23. The number of likely N-dealkylation sites (N-methyl/N-ethyl adjacent to an activating group) is 1. The molecule has 0 aromatic carbocycles. The van der Waals surface area contributed by atoms with E-state index in [1.165, 1.54) is 0 Å². The van der Waals surface area contributed by atoms with Crippen molar-refractivity contribution in [2.75, 3.05) is 18.0 Å². The molecule has 1 amide bonds. The highest BCUT2D eigenvalue weighted by Gasteiger charge is 2.15. The van der Waals surface area contributed by atoms with Gasteiger partial charge < -0.3 is 10.6 Å². The molecule has 0 radical (unpaired) electrons. The first-order chi connectivity index (χ1) is 7.99. The van der Waals surface area contributed by atoms with E-state index < -0.39 is 5.91 Å². The van der Waals surface area contributed by atoms with E-state index >= 15 is 0 Å². The number of nitrogens with two attached hydrogens (primary N) is 1. The Kier molecular flexibility index (Phi) is 4.05. The van der Waals surface area contributed by atoms with Crippen LogP contribution in [0.5, 0.6) is 0 Å². The molecule has 5 heteroatoms. The van der Waals surface area contributed by atoms with E-state index in [0.29, 0.717) is 17.8 Å². The molecule has 0 aliphatic rings. The number of nitrogens with zero attached hydrogens (tertiary/aromatic N) is 3. The van der Waals surface area contributed by atoms with E-state index in [2.05, 4.69) is 11.1 Å². The molecule has 17 heavy (non-hydrogen) atoms. The quantitative estimate of drug-likeness (QED) is 0.835. The highest BCUT2D eigenvalue weighted by atomic mass is 16.1. The number of carbonyl (C=O) groups is 1.